The maximum absolute atomic E-state index is 11.9. The molecule has 1 heterocycles. The van der Waals surface area contributed by atoms with Gasteiger partial charge in [0, 0.05) is 18.9 Å². The van der Waals surface area contributed by atoms with Crippen molar-refractivity contribution in [3.8, 4) is 0 Å². The van der Waals surface area contributed by atoms with Crippen LogP contribution in [0.25, 0.3) is 0 Å². The summed E-state index contributed by atoms with van der Waals surface area (Å²) in [4.78, 5) is 15.8. The standard InChI is InChI=1S/C15H21ClN2O/c1-11-2-4-12(5-3-11)6-9-18-15(19)13-7-8-17-10-14(13)16/h7-8,10-12H,2-6,9H2,1H3,(H,18,19). The van der Waals surface area contributed by atoms with E-state index in [0.29, 0.717) is 10.6 Å². The number of nitrogens with zero attached hydrogens (tertiary/aromatic N) is 1. The number of amides is 1. The van der Waals surface area contributed by atoms with Crippen LogP contribution in [0.2, 0.25) is 5.02 Å². The Bertz CT molecular complexity index is 428. The summed E-state index contributed by atoms with van der Waals surface area (Å²) in [5.74, 6) is 1.54. The van der Waals surface area contributed by atoms with E-state index >= 15 is 0 Å². The quantitative estimate of drug-likeness (QED) is 0.914. The van der Waals surface area contributed by atoms with Gasteiger partial charge in [-0.2, -0.15) is 0 Å². The van der Waals surface area contributed by atoms with E-state index in [-0.39, 0.29) is 5.91 Å². The van der Waals surface area contributed by atoms with E-state index in [9.17, 15) is 4.79 Å². The van der Waals surface area contributed by atoms with Crippen molar-refractivity contribution in [2.45, 2.75) is 39.0 Å². The fourth-order valence-electron chi connectivity index (χ4n) is 2.66. The number of pyridine rings is 1. The predicted octanol–water partition coefficient (Wildman–Crippen LogP) is 3.68. The van der Waals surface area contributed by atoms with Gasteiger partial charge in [-0.25, -0.2) is 0 Å². The summed E-state index contributed by atoms with van der Waals surface area (Å²) in [7, 11) is 0. The van der Waals surface area contributed by atoms with Gasteiger partial charge >= 0.3 is 0 Å². The smallest absolute Gasteiger partial charge is 0.252 e. The molecule has 1 saturated carbocycles. The first-order chi connectivity index (χ1) is 9.16. The molecule has 1 N–H and O–H groups in total. The van der Waals surface area contributed by atoms with Crippen molar-refractivity contribution in [2.75, 3.05) is 6.54 Å². The minimum atomic E-state index is -0.100. The zero-order valence-electron chi connectivity index (χ0n) is 11.4. The molecule has 0 spiro atoms. The minimum Gasteiger partial charge on any atom is -0.352 e. The van der Waals surface area contributed by atoms with E-state index in [1.54, 1.807) is 12.3 Å². The van der Waals surface area contributed by atoms with Crippen LogP contribution in [0.1, 0.15) is 49.4 Å². The first-order valence-corrected chi connectivity index (χ1v) is 7.42. The Hall–Kier alpha value is -1.09. The van der Waals surface area contributed by atoms with Crippen molar-refractivity contribution in [3.63, 3.8) is 0 Å². The van der Waals surface area contributed by atoms with E-state index in [1.165, 1.54) is 31.9 Å². The lowest BCUT2D eigenvalue weighted by atomic mass is 9.81. The molecule has 1 aromatic rings. The second-order valence-corrected chi connectivity index (χ2v) is 5.93. The molecule has 4 heteroatoms. The molecule has 1 amide bonds. The monoisotopic (exact) mass is 280 g/mol. The fourth-order valence-corrected chi connectivity index (χ4v) is 2.87. The maximum Gasteiger partial charge on any atom is 0.252 e. The third-order valence-electron chi connectivity index (χ3n) is 3.99. The Morgan fingerprint density at radius 2 is 2.16 bits per heavy atom. The number of carbonyl (C=O) groups excluding carboxylic acids is 1. The molecule has 0 saturated heterocycles. The first-order valence-electron chi connectivity index (χ1n) is 7.04. The minimum absolute atomic E-state index is 0.100. The number of halogens is 1. The van der Waals surface area contributed by atoms with E-state index in [2.05, 4.69) is 17.2 Å². The van der Waals surface area contributed by atoms with Crippen molar-refractivity contribution >= 4 is 17.5 Å². The lowest BCUT2D eigenvalue weighted by Crippen LogP contribution is -2.27. The lowest BCUT2D eigenvalue weighted by molar-refractivity contribution is 0.0949. The number of rotatable bonds is 4. The number of carbonyl (C=O) groups is 1. The molecule has 1 fully saturated rings. The SMILES string of the molecule is CC1CCC(CCNC(=O)c2ccncc2Cl)CC1. The molecule has 104 valence electrons. The van der Waals surface area contributed by atoms with Crippen LogP contribution < -0.4 is 5.32 Å². The van der Waals surface area contributed by atoms with E-state index < -0.39 is 0 Å². The summed E-state index contributed by atoms with van der Waals surface area (Å²) < 4.78 is 0. The zero-order valence-corrected chi connectivity index (χ0v) is 12.1. The van der Waals surface area contributed by atoms with Gasteiger partial charge in [0.1, 0.15) is 0 Å². The van der Waals surface area contributed by atoms with Crippen molar-refractivity contribution in [3.05, 3.63) is 29.0 Å². The molecular weight excluding hydrogens is 260 g/mol. The highest BCUT2D eigenvalue weighted by molar-refractivity contribution is 6.33. The van der Waals surface area contributed by atoms with Crippen LogP contribution in [0.3, 0.4) is 0 Å². The van der Waals surface area contributed by atoms with Crippen LogP contribution in [0.5, 0.6) is 0 Å². The molecule has 0 bridgehead atoms. The number of nitrogens with one attached hydrogen (secondary N) is 1. The molecule has 0 atom stereocenters. The average Bonchev–Trinajstić information content (AvgIpc) is 2.41. The number of aromatic nitrogens is 1. The van der Waals surface area contributed by atoms with Gasteiger partial charge in [0.05, 0.1) is 10.6 Å². The Morgan fingerprint density at radius 1 is 1.42 bits per heavy atom. The average molecular weight is 281 g/mol. The van der Waals surface area contributed by atoms with Crippen molar-refractivity contribution in [1.29, 1.82) is 0 Å². The van der Waals surface area contributed by atoms with E-state index in [0.717, 1.165) is 24.8 Å². The van der Waals surface area contributed by atoms with E-state index in [1.807, 2.05) is 0 Å². The van der Waals surface area contributed by atoms with Crippen LogP contribution in [0.4, 0.5) is 0 Å². The van der Waals surface area contributed by atoms with Crippen LogP contribution in [0, 0.1) is 11.8 Å². The molecule has 1 aliphatic rings. The molecule has 0 aliphatic heterocycles. The third kappa shape index (κ3) is 4.20. The molecule has 0 unspecified atom stereocenters. The highest BCUT2D eigenvalue weighted by Crippen LogP contribution is 2.29. The highest BCUT2D eigenvalue weighted by atomic mass is 35.5. The Labute approximate surface area is 119 Å². The lowest BCUT2D eigenvalue weighted by Gasteiger charge is -2.26. The highest BCUT2D eigenvalue weighted by Gasteiger charge is 2.18. The summed E-state index contributed by atoms with van der Waals surface area (Å²) >= 11 is 5.94. The van der Waals surface area contributed by atoms with Crippen LogP contribution in [0.15, 0.2) is 18.5 Å². The zero-order chi connectivity index (χ0) is 13.7. The first kappa shape index (κ1) is 14.3. The Morgan fingerprint density at radius 3 is 2.84 bits per heavy atom. The molecule has 19 heavy (non-hydrogen) atoms. The third-order valence-corrected chi connectivity index (χ3v) is 4.29. The van der Waals surface area contributed by atoms with Crippen LogP contribution >= 0.6 is 11.6 Å². The summed E-state index contributed by atoms with van der Waals surface area (Å²) in [6.45, 7) is 3.06. The van der Waals surface area contributed by atoms with Gasteiger partial charge in [0.25, 0.3) is 5.91 Å². The summed E-state index contributed by atoms with van der Waals surface area (Å²) in [5.41, 5.74) is 0.508. The molecule has 2 rings (SSSR count). The number of hydrogen-bond acceptors (Lipinski definition) is 2. The van der Waals surface area contributed by atoms with Crippen molar-refractivity contribution in [2.24, 2.45) is 11.8 Å². The van der Waals surface area contributed by atoms with Gasteiger partial charge < -0.3 is 5.32 Å². The van der Waals surface area contributed by atoms with Crippen molar-refractivity contribution < 1.29 is 4.79 Å². The van der Waals surface area contributed by atoms with Crippen LogP contribution in [-0.2, 0) is 0 Å². The summed E-state index contributed by atoms with van der Waals surface area (Å²) in [6, 6.07) is 1.65. The fraction of sp³-hybridized carbons (Fsp3) is 0.600. The molecule has 1 aliphatic carbocycles. The van der Waals surface area contributed by atoms with Gasteiger partial charge in [-0.1, -0.05) is 44.2 Å². The molecule has 3 nitrogen and oxygen atoms in total. The predicted molar refractivity (Wildman–Crippen MR) is 77.3 cm³/mol. The number of hydrogen-bond donors (Lipinski definition) is 1. The van der Waals surface area contributed by atoms with Gasteiger partial charge in [0.2, 0.25) is 0 Å². The van der Waals surface area contributed by atoms with Crippen molar-refractivity contribution in [1.82, 2.24) is 10.3 Å². The largest absolute Gasteiger partial charge is 0.352 e. The second-order valence-electron chi connectivity index (χ2n) is 5.53. The maximum atomic E-state index is 11.9. The topological polar surface area (TPSA) is 42.0 Å². The Kier molecular flexibility index (Phi) is 5.20. The molecule has 1 aromatic heterocycles. The summed E-state index contributed by atoms with van der Waals surface area (Å²) in [5, 5.41) is 3.36. The van der Waals surface area contributed by atoms with Gasteiger partial charge in [-0.15, -0.1) is 0 Å². The second kappa shape index (κ2) is 6.90. The molecule has 0 aromatic carbocycles. The van der Waals surface area contributed by atoms with Gasteiger partial charge in [-0.05, 0) is 24.3 Å². The Balaban J connectivity index is 1.74. The molecular formula is C15H21ClN2O. The normalized spacial score (nSPS) is 23.1. The van der Waals surface area contributed by atoms with Gasteiger partial charge in [0.15, 0.2) is 0 Å². The molecule has 0 radical (unpaired) electrons. The summed E-state index contributed by atoms with van der Waals surface area (Å²) in [6.07, 6.45) is 9.41. The van der Waals surface area contributed by atoms with E-state index in [4.69, 9.17) is 11.6 Å². The van der Waals surface area contributed by atoms with Crippen LogP contribution in [-0.4, -0.2) is 17.4 Å². The van der Waals surface area contributed by atoms with Gasteiger partial charge in [-0.3, -0.25) is 9.78 Å².